The first-order valence-corrected chi connectivity index (χ1v) is 9.13. The zero-order valence-corrected chi connectivity index (χ0v) is 15.3. The number of rotatable bonds is 9. The van der Waals surface area contributed by atoms with Crippen molar-refractivity contribution in [3.63, 3.8) is 0 Å². The Morgan fingerprint density at radius 3 is 2.73 bits per heavy atom. The number of ether oxygens (including phenoxy) is 1. The molecule has 1 aromatic heterocycles. The van der Waals surface area contributed by atoms with E-state index in [0.29, 0.717) is 50.9 Å². The lowest BCUT2D eigenvalue weighted by atomic mass is 9.92. The first kappa shape index (κ1) is 20.2. The first-order valence-electron chi connectivity index (χ1n) is 9.13. The number of anilines is 1. The standard InChI is InChI=1S/C17H30N6O3/c1-20-16(25)14(11-12-4-9-26-10-5-12)22-15(24)13(18)3-2-7-23-8-6-21-17(23)19/h6,8,12-14H,2-5,7,9-11,18H2,1H3,(H2,19,21)(H,20,25)(H,22,24)/t13-,14-/m0/s1. The van der Waals surface area contributed by atoms with Crippen LogP contribution < -0.4 is 22.1 Å². The van der Waals surface area contributed by atoms with Gasteiger partial charge in [-0.25, -0.2) is 4.98 Å². The Hall–Kier alpha value is -2.13. The minimum absolute atomic E-state index is 0.191. The number of aromatic nitrogens is 2. The zero-order chi connectivity index (χ0) is 18.9. The molecule has 0 bridgehead atoms. The number of nitrogens with two attached hydrogens (primary N) is 2. The minimum Gasteiger partial charge on any atom is -0.381 e. The van der Waals surface area contributed by atoms with Gasteiger partial charge in [-0.3, -0.25) is 9.59 Å². The van der Waals surface area contributed by atoms with Gasteiger partial charge in [0.05, 0.1) is 6.04 Å². The molecule has 2 rings (SSSR count). The molecule has 2 heterocycles. The highest BCUT2D eigenvalue weighted by Crippen LogP contribution is 2.20. The van der Waals surface area contributed by atoms with Gasteiger partial charge in [0.15, 0.2) is 5.95 Å². The number of nitrogens with zero attached hydrogens (tertiary/aromatic N) is 2. The zero-order valence-electron chi connectivity index (χ0n) is 15.3. The van der Waals surface area contributed by atoms with Crippen molar-refractivity contribution in [1.29, 1.82) is 0 Å². The highest BCUT2D eigenvalue weighted by atomic mass is 16.5. The summed E-state index contributed by atoms with van der Waals surface area (Å²) in [5.74, 6) is 0.318. The molecule has 0 aromatic carbocycles. The molecule has 9 heteroatoms. The Morgan fingerprint density at radius 1 is 1.38 bits per heavy atom. The molecule has 0 saturated carbocycles. The smallest absolute Gasteiger partial charge is 0.242 e. The average Bonchev–Trinajstić information content (AvgIpc) is 3.06. The number of hydrogen-bond acceptors (Lipinski definition) is 6. The van der Waals surface area contributed by atoms with Crippen LogP contribution in [0.4, 0.5) is 5.95 Å². The van der Waals surface area contributed by atoms with Crippen molar-refractivity contribution >= 4 is 17.8 Å². The van der Waals surface area contributed by atoms with Gasteiger partial charge < -0.3 is 31.4 Å². The predicted octanol–water partition coefficient (Wildman–Crippen LogP) is -0.380. The van der Waals surface area contributed by atoms with Gasteiger partial charge in [0.1, 0.15) is 6.04 Å². The van der Waals surface area contributed by atoms with E-state index in [0.717, 1.165) is 12.8 Å². The van der Waals surface area contributed by atoms with E-state index in [1.807, 2.05) is 4.57 Å². The van der Waals surface area contributed by atoms with Crippen LogP contribution in [0, 0.1) is 5.92 Å². The largest absolute Gasteiger partial charge is 0.381 e. The highest BCUT2D eigenvalue weighted by Gasteiger charge is 2.27. The fraction of sp³-hybridized carbons (Fsp3) is 0.706. The van der Waals surface area contributed by atoms with Crippen molar-refractivity contribution in [3.8, 4) is 0 Å². The summed E-state index contributed by atoms with van der Waals surface area (Å²) >= 11 is 0. The second kappa shape index (κ2) is 10.1. The SMILES string of the molecule is CNC(=O)[C@H](CC1CCOCC1)NC(=O)[C@@H](N)CCCn1ccnc1N. The monoisotopic (exact) mass is 366 g/mol. The second-order valence-electron chi connectivity index (χ2n) is 6.69. The van der Waals surface area contributed by atoms with Crippen LogP contribution in [0.5, 0.6) is 0 Å². The number of amides is 2. The maximum atomic E-state index is 12.4. The molecule has 1 fully saturated rings. The lowest BCUT2D eigenvalue weighted by molar-refractivity contribution is -0.130. The average molecular weight is 366 g/mol. The van der Waals surface area contributed by atoms with Gasteiger partial charge in [0, 0.05) is 39.2 Å². The molecule has 2 atom stereocenters. The maximum Gasteiger partial charge on any atom is 0.242 e. The molecule has 146 valence electrons. The number of aryl methyl sites for hydroxylation is 1. The summed E-state index contributed by atoms with van der Waals surface area (Å²) in [5, 5.41) is 5.43. The van der Waals surface area contributed by atoms with E-state index in [9.17, 15) is 9.59 Å². The van der Waals surface area contributed by atoms with Crippen LogP contribution in [0.3, 0.4) is 0 Å². The predicted molar refractivity (Wildman–Crippen MR) is 98.0 cm³/mol. The molecule has 1 aromatic rings. The van der Waals surface area contributed by atoms with Gasteiger partial charge in [-0.05, 0) is 38.0 Å². The molecule has 0 spiro atoms. The Labute approximate surface area is 153 Å². The summed E-state index contributed by atoms with van der Waals surface area (Å²) in [5.41, 5.74) is 11.7. The second-order valence-corrected chi connectivity index (χ2v) is 6.69. The van der Waals surface area contributed by atoms with Gasteiger partial charge >= 0.3 is 0 Å². The van der Waals surface area contributed by atoms with E-state index in [1.165, 1.54) is 0 Å². The molecular weight excluding hydrogens is 336 g/mol. The van der Waals surface area contributed by atoms with Crippen LogP contribution in [0.25, 0.3) is 0 Å². The van der Waals surface area contributed by atoms with Crippen LogP contribution in [0.2, 0.25) is 0 Å². The van der Waals surface area contributed by atoms with Crippen molar-refractivity contribution in [2.45, 2.75) is 50.7 Å². The van der Waals surface area contributed by atoms with Crippen molar-refractivity contribution in [1.82, 2.24) is 20.2 Å². The lowest BCUT2D eigenvalue weighted by Crippen LogP contribution is -2.51. The third kappa shape index (κ3) is 5.99. The van der Waals surface area contributed by atoms with Gasteiger partial charge in [0.2, 0.25) is 11.8 Å². The van der Waals surface area contributed by atoms with E-state index in [4.69, 9.17) is 16.2 Å². The number of carbonyl (C=O) groups excluding carboxylic acids is 2. The van der Waals surface area contributed by atoms with Gasteiger partial charge in [-0.15, -0.1) is 0 Å². The van der Waals surface area contributed by atoms with Crippen molar-refractivity contribution in [3.05, 3.63) is 12.4 Å². The van der Waals surface area contributed by atoms with Crippen molar-refractivity contribution in [2.75, 3.05) is 26.0 Å². The van der Waals surface area contributed by atoms with Crippen molar-refractivity contribution in [2.24, 2.45) is 11.7 Å². The molecule has 1 aliphatic rings. The summed E-state index contributed by atoms with van der Waals surface area (Å²) in [6.45, 7) is 2.06. The molecule has 2 amide bonds. The summed E-state index contributed by atoms with van der Waals surface area (Å²) in [6.07, 6.45) is 7.03. The highest BCUT2D eigenvalue weighted by molar-refractivity contribution is 5.89. The van der Waals surface area contributed by atoms with Gasteiger partial charge in [0.25, 0.3) is 0 Å². The van der Waals surface area contributed by atoms with E-state index >= 15 is 0 Å². The quantitative estimate of drug-likeness (QED) is 0.470. The van der Waals surface area contributed by atoms with E-state index in [-0.39, 0.29) is 11.8 Å². The molecule has 1 saturated heterocycles. The Bertz CT molecular complexity index is 585. The molecule has 6 N–H and O–H groups in total. The molecule has 26 heavy (non-hydrogen) atoms. The maximum absolute atomic E-state index is 12.4. The lowest BCUT2D eigenvalue weighted by Gasteiger charge is -2.27. The van der Waals surface area contributed by atoms with Gasteiger partial charge in [-0.1, -0.05) is 0 Å². The Kier molecular flexibility index (Phi) is 7.86. The topological polar surface area (TPSA) is 137 Å². The summed E-state index contributed by atoms with van der Waals surface area (Å²) < 4.78 is 7.16. The number of nitrogens with one attached hydrogen (secondary N) is 2. The fourth-order valence-corrected chi connectivity index (χ4v) is 3.14. The molecule has 0 aliphatic carbocycles. The van der Waals surface area contributed by atoms with Crippen LogP contribution in [0.1, 0.15) is 32.1 Å². The number of nitrogen functional groups attached to an aromatic ring is 1. The fourth-order valence-electron chi connectivity index (χ4n) is 3.14. The van der Waals surface area contributed by atoms with Crippen LogP contribution in [-0.4, -0.2) is 53.7 Å². The summed E-state index contributed by atoms with van der Waals surface area (Å²) in [6, 6.07) is -1.23. The molecular formula is C17H30N6O3. The number of carbonyl (C=O) groups is 2. The third-order valence-corrected chi connectivity index (χ3v) is 4.79. The Balaban J connectivity index is 1.80. The molecule has 0 radical (unpaired) electrons. The summed E-state index contributed by atoms with van der Waals surface area (Å²) in [7, 11) is 1.57. The van der Waals surface area contributed by atoms with Crippen LogP contribution >= 0.6 is 0 Å². The van der Waals surface area contributed by atoms with E-state index in [2.05, 4.69) is 15.6 Å². The molecule has 0 unspecified atom stereocenters. The normalized spacial score (nSPS) is 17.5. The van der Waals surface area contributed by atoms with Gasteiger partial charge in [-0.2, -0.15) is 0 Å². The number of hydrogen-bond donors (Lipinski definition) is 4. The number of likely N-dealkylation sites (N-methyl/N-ethyl adjacent to an activating group) is 1. The summed E-state index contributed by atoms with van der Waals surface area (Å²) in [4.78, 5) is 28.5. The Morgan fingerprint density at radius 2 is 2.12 bits per heavy atom. The molecule has 9 nitrogen and oxygen atoms in total. The minimum atomic E-state index is -0.665. The number of imidazole rings is 1. The third-order valence-electron chi connectivity index (χ3n) is 4.79. The van der Waals surface area contributed by atoms with Crippen molar-refractivity contribution < 1.29 is 14.3 Å². The van der Waals surface area contributed by atoms with Crippen LogP contribution in [0.15, 0.2) is 12.4 Å². The molecule has 1 aliphatic heterocycles. The first-order chi connectivity index (χ1) is 12.5. The van der Waals surface area contributed by atoms with Crippen LogP contribution in [-0.2, 0) is 20.9 Å². The van der Waals surface area contributed by atoms with E-state index in [1.54, 1.807) is 19.4 Å². The van der Waals surface area contributed by atoms with E-state index < -0.39 is 12.1 Å².